The van der Waals surface area contributed by atoms with Gasteiger partial charge >= 0.3 is 6.18 Å². The van der Waals surface area contributed by atoms with Crippen molar-refractivity contribution in [3.63, 3.8) is 0 Å². The third kappa shape index (κ3) is 4.06. The number of ether oxygens (including phenoxy) is 1. The molecule has 2 aromatic carbocycles. The molecule has 3 fully saturated rings. The van der Waals surface area contributed by atoms with E-state index < -0.39 is 17.2 Å². The number of rotatable bonds is 5. The number of nitrogens with zero attached hydrogens (tertiary/aromatic N) is 3. The molecule has 3 aliphatic rings. The average Bonchev–Trinajstić information content (AvgIpc) is 3.58. The predicted molar refractivity (Wildman–Crippen MR) is 125 cm³/mol. The van der Waals surface area contributed by atoms with Gasteiger partial charge in [-0.1, -0.05) is 30.3 Å². The summed E-state index contributed by atoms with van der Waals surface area (Å²) in [6, 6.07) is 15.5. The first-order chi connectivity index (χ1) is 16.7. The molecule has 2 heterocycles. The van der Waals surface area contributed by atoms with Crippen LogP contribution >= 0.6 is 0 Å². The summed E-state index contributed by atoms with van der Waals surface area (Å²) in [4.78, 5) is 17.6. The van der Waals surface area contributed by atoms with E-state index in [2.05, 4.69) is 0 Å². The van der Waals surface area contributed by atoms with Gasteiger partial charge in [-0.25, -0.2) is 0 Å². The van der Waals surface area contributed by atoms with Crippen LogP contribution < -0.4 is 4.90 Å². The number of fused-ring (bicyclic) bond motifs is 1. The molecule has 0 aromatic heterocycles. The summed E-state index contributed by atoms with van der Waals surface area (Å²) >= 11 is 0. The molecule has 0 unspecified atom stereocenters. The Morgan fingerprint density at radius 2 is 1.89 bits per heavy atom. The Morgan fingerprint density at radius 3 is 2.51 bits per heavy atom. The Morgan fingerprint density at radius 1 is 1.14 bits per heavy atom. The molecule has 184 valence electrons. The predicted octanol–water partition coefficient (Wildman–Crippen LogP) is 4.61. The van der Waals surface area contributed by atoms with Gasteiger partial charge in [0.2, 0.25) is 5.91 Å². The molecule has 0 spiro atoms. The lowest BCUT2D eigenvalue weighted by Crippen LogP contribution is -2.53. The SMILES string of the molecule is COC[C@@]12CCN(C(=O)C3(c4ccccc4)CC3)C[C@@H]1CN(c1ccc(C#N)c(C(F)(F)F)c1)C2. The maximum Gasteiger partial charge on any atom is 0.417 e. The number of hydrogen-bond acceptors (Lipinski definition) is 4. The topological polar surface area (TPSA) is 56.6 Å². The highest BCUT2D eigenvalue weighted by Crippen LogP contribution is 2.52. The molecule has 0 N–H and O–H groups in total. The summed E-state index contributed by atoms with van der Waals surface area (Å²) in [6.45, 7) is 2.76. The van der Waals surface area contributed by atoms with Crippen LogP contribution in [-0.2, 0) is 21.1 Å². The molecule has 35 heavy (non-hydrogen) atoms. The maximum atomic E-state index is 13.6. The van der Waals surface area contributed by atoms with E-state index in [9.17, 15) is 18.0 Å². The van der Waals surface area contributed by atoms with E-state index in [0.717, 1.165) is 30.9 Å². The van der Waals surface area contributed by atoms with E-state index in [1.165, 1.54) is 6.07 Å². The monoisotopic (exact) mass is 483 g/mol. The Kier molecular flexibility index (Phi) is 5.79. The van der Waals surface area contributed by atoms with Crippen molar-refractivity contribution in [2.24, 2.45) is 11.3 Å². The molecule has 1 aliphatic carbocycles. The van der Waals surface area contributed by atoms with Gasteiger partial charge in [-0.3, -0.25) is 4.79 Å². The van der Waals surface area contributed by atoms with Gasteiger partial charge in [0, 0.05) is 50.3 Å². The minimum absolute atomic E-state index is 0.0803. The molecule has 2 atom stereocenters. The second-order valence-electron chi connectivity index (χ2n) is 10.2. The van der Waals surface area contributed by atoms with Gasteiger partial charge in [-0.05, 0) is 43.0 Å². The molecule has 1 amide bonds. The smallest absolute Gasteiger partial charge is 0.384 e. The number of amides is 1. The van der Waals surface area contributed by atoms with Crippen molar-refractivity contribution in [1.82, 2.24) is 4.90 Å². The number of piperidine rings is 1. The van der Waals surface area contributed by atoms with Crippen molar-refractivity contribution in [2.75, 3.05) is 44.8 Å². The fourth-order valence-electron chi connectivity index (χ4n) is 6.06. The Balaban J connectivity index is 1.39. The number of nitriles is 1. The first-order valence-electron chi connectivity index (χ1n) is 11.9. The molecule has 1 saturated carbocycles. The summed E-state index contributed by atoms with van der Waals surface area (Å²) in [5.41, 5.74) is -0.456. The molecule has 5 nitrogen and oxygen atoms in total. The second kappa shape index (κ2) is 8.56. The Hall–Kier alpha value is -3.05. The number of benzene rings is 2. The fraction of sp³-hybridized carbons (Fsp3) is 0.481. The fourth-order valence-corrected chi connectivity index (χ4v) is 6.06. The standard InChI is InChI=1S/C27H28F3N3O2/c1-35-18-25-11-12-32(24(34)26(9-10-26)20-5-3-2-4-6-20)15-21(25)16-33(17-25)22-8-7-19(14-31)23(13-22)27(28,29)30/h2-8,13,21H,9-12,15-18H2,1H3/t21-,25+/m1/s1. The highest BCUT2D eigenvalue weighted by molar-refractivity contribution is 5.91. The molecule has 8 heteroatoms. The van der Waals surface area contributed by atoms with Gasteiger partial charge < -0.3 is 14.5 Å². The van der Waals surface area contributed by atoms with Crippen LogP contribution in [0.5, 0.6) is 0 Å². The van der Waals surface area contributed by atoms with Crippen molar-refractivity contribution in [1.29, 1.82) is 5.26 Å². The maximum absolute atomic E-state index is 13.6. The number of halogens is 3. The molecule has 0 radical (unpaired) electrons. The van der Waals surface area contributed by atoms with E-state index in [1.54, 1.807) is 19.2 Å². The van der Waals surface area contributed by atoms with E-state index in [1.807, 2.05) is 40.1 Å². The van der Waals surface area contributed by atoms with Gasteiger partial charge in [-0.2, -0.15) is 18.4 Å². The molecule has 2 saturated heterocycles. The van der Waals surface area contributed by atoms with E-state index in [0.29, 0.717) is 38.5 Å². The number of hydrogen-bond donors (Lipinski definition) is 0. The highest BCUT2D eigenvalue weighted by atomic mass is 19.4. The molecular formula is C27H28F3N3O2. The zero-order valence-electron chi connectivity index (χ0n) is 19.6. The van der Waals surface area contributed by atoms with Crippen LogP contribution in [0.3, 0.4) is 0 Å². The van der Waals surface area contributed by atoms with Crippen LogP contribution in [0.2, 0.25) is 0 Å². The van der Waals surface area contributed by atoms with Gasteiger partial charge in [0.15, 0.2) is 0 Å². The average molecular weight is 484 g/mol. The normalized spacial score (nSPS) is 25.2. The molecule has 2 aromatic rings. The summed E-state index contributed by atoms with van der Waals surface area (Å²) in [7, 11) is 1.64. The van der Waals surface area contributed by atoms with Crippen molar-refractivity contribution < 1.29 is 22.7 Å². The summed E-state index contributed by atoms with van der Waals surface area (Å²) < 4.78 is 46.3. The van der Waals surface area contributed by atoms with Gasteiger partial charge in [0.1, 0.15) is 0 Å². The van der Waals surface area contributed by atoms with Gasteiger partial charge in [0.25, 0.3) is 0 Å². The minimum Gasteiger partial charge on any atom is -0.384 e. The number of anilines is 1. The molecule has 5 rings (SSSR count). The van der Waals surface area contributed by atoms with Crippen LogP contribution in [0.4, 0.5) is 18.9 Å². The summed E-state index contributed by atoms with van der Waals surface area (Å²) in [5, 5.41) is 9.13. The van der Waals surface area contributed by atoms with Crippen LogP contribution in [-0.4, -0.2) is 50.7 Å². The van der Waals surface area contributed by atoms with E-state index in [-0.39, 0.29) is 22.8 Å². The van der Waals surface area contributed by atoms with E-state index in [4.69, 9.17) is 10.00 Å². The van der Waals surface area contributed by atoms with Crippen molar-refractivity contribution in [3.8, 4) is 6.07 Å². The Bertz CT molecular complexity index is 1160. The zero-order chi connectivity index (χ0) is 24.8. The van der Waals surface area contributed by atoms with Crippen LogP contribution in [0.25, 0.3) is 0 Å². The number of methoxy groups -OCH3 is 1. The third-order valence-electron chi connectivity index (χ3n) is 8.13. The molecule has 2 aliphatic heterocycles. The van der Waals surface area contributed by atoms with Crippen LogP contribution in [0, 0.1) is 22.7 Å². The van der Waals surface area contributed by atoms with E-state index >= 15 is 0 Å². The number of alkyl halides is 3. The highest BCUT2D eigenvalue weighted by Gasteiger charge is 2.56. The van der Waals surface area contributed by atoms with Crippen molar-refractivity contribution in [2.45, 2.75) is 30.9 Å². The largest absolute Gasteiger partial charge is 0.417 e. The minimum atomic E-state index is -4.60. The van der Waals surface area contributed by atoms with Crippen LogP contribution in [0.15, 0.2) is 48.5 Å². The number of carbonyl (C=O) groups excluding carboxylic acids is 1. The van der Waals surface area contributed by atoms with Gasteiger partial charge in [-0.15, -0.1) is 0 Å². The van der Waals surface area contributed by atoms with Crippen LogP contribution in [0.1, 0.15) is 36.0 Å². The second-order valence-corrected chi connectivity index (χ2v) is 10.2. The van der Waals surface area contributed by atoms with Crippen molar-refractivity contribution in [3.05, 3.63) is 65.2 Å². The lowest BCUT2D eigenvalue weighted by molar-refractivity contribution is -0.139. The molecular weight excluding hydrogens is 455 g/mol. The third-order valence-corrected chi connectivity index (χ3v) is 8.13. The Labute approximate surface area is 203 Å². The van der Waals surface area contributed by atoms with Gasteiger partial charge in [0.05, 0.1) is 29.2 Å². The number of carbonyl (C=O) groups is 1. The lowest BCUT2D eigenvalue weighted by Gasteiger charge is -2.44. The lowest BCUT2D eigenvalue weighted by atomic mass is 9.73. The zero-order valence-corrected chi connectivity index (χ0v) is 19.6. The first kappa shape index (κ1) is 23.7. The summed E-state index contributed by atoms with van der Waals surface area (Å²) in [6.07, 6.45) is -2.17. The quantitative estimate of drug-likeness (QED) is 0.623. The first-order valence-corrected chi connectivity index (χ1v) is 11.9. The summed E-state index contributed by atoms with van der Waals surface area (Å²) in [5.74, 6) is 0.239. The molecule has 0 bridgehead atoms. The van der Waals surface area contributed by atoms with Crippen molar-refractivity contribution >= 4 is 11.6 Å². The number of likely N-dealkylation sites (tertiary alicyclic amines) is 1.